The van der Waals surface area contributed by atoms with Crippen molar-refractivity contribution in [1.82, 2.24) is 10.3 Å². The van der Waals surface area contributed by atoms with Crippen molar-refractivity contribution in [3.05, 3.63) is 15.6 Å². The molecule has 0 unspecified atom stereocenters. The molecular weight excluding hydrogens is 248 g/mol. The first-order chi connectivity index (χ1) is 8.31. The van der Waals surface area contributed by atoms with Crippen LogP contribution < -0.4 is 5.32 Å². The molecule has 0 radical (unpaired) electrons. The van der Waals surface area contributed by atoms with Gasteiger partial charge in [-0.1, -0.05) is 26.7 Å². The molecule has 2 nitrogen and oxygen atoms in total. The summed E-state index contributed by atoms with van der Waals surface area (Å²) in [5, 5.41) is 4.81. The van der Waals surface area contributed by atoms with Crippen LogP contribution in [-0.4, -0.2) is 17.8 Å². The lowest BCUT2D eigenvalue weighted by Gasteiger charge is -2.03. The molecule has 0 aliphatic heterocycles. The van der Waals surface area contributed by atoms with Crippen molar-refractivity contribution in [2.75, 3.05) is 12.8 Å². The molecule has 0 aliphatic carbocycles. The van der Waals surface area contributed by atoms with Crippen molar-refractivity contribution >= 4 is 23.1 Å². The van der Waals surface area contributed by atoms with Crippen LogP contribution in [0.5, 0.6) is 0 Å². The van der Waals surface area contributed by atoms with E-state index in [2.05, 4.69) is 25.4 Å². The van der Waals surface area contributed by atoms with Gasteiger partial charge in [0, 0.05) is 17.2 Å². The Labute approximate surface area is 114 Å². The van der Waals surface area contributed by atoms with E-state index >= 15 is 0 Å². The predicted octanol–water partition coefficient (Wildman–Crippen LogP) is 3.85. The SMILES string of the molecule is CCCCNCc1sc(CSC)nc1CCC. The van der Waals surface area contributed by atoms with E-state index in [1.54, 1.807) is 0 Å². The summed E-state index contributed by atoms with van der Waals surface area (Å²) in [7, 11) is 0. The minimum Gasteiger partial charge on any atom is -0.312 e. The van der Waals surface area contributed by atoms with Gasteiger partial charge in [0.25, 0.3) is 0 Å². The molecule has 1 aromatic heterocycles. The van der Waals surface area contributed by atoms with Crippen LogP contribution in [0.25, 0.3) is 0 Å². The van der Waals surface area contributed by atoms with Crippen LogP contribution >= 0.6 is 23.1 Å². The highest BCUT2D eigenvalue weighted by Crippen LogP contribution is 2.22. The molecule has 0 amide bonds. The average Bonchev–Trinajstić information content (AvgIpc) is 2.68. The Hall–Kier alpha value is -0.0600. The minimum atomic E-state index is 1.00. The fourth-order valence-corrected chi connectivity index (χ4v) is 3.48. The highest BCUT2D eigenvalue weighted by molar-refractivity contribution is 7.97. The minimum absolute atomic E-state index is 1.00. The molecule has 0 aliphatic rings. The molecule has 1 N–H and O–H groups in total. The highest BCUT2D eigenvalue weighted by atomic mass is 32.2. The first kappa shape index (κ1) is 15.0. The van der Waals surface area contributed by atoms with Crippen molar-refractivity contribution < 1.29 is 0 Å². The van der Waals surface area contributed by atoms with Crippen LogP contribution in [0.15, 0.2) is 0 Å². The highest BCUT2D eigenvalue weighted by Gasteiger charge is 2.09. The van der Waals surface area contributed by atoms with Gasteiger partial charge in [-0.25, -0.2) is 4.98 Å². The molecular formula is C13H24N2S2. The zero-order valence-electron chi connectivity index (χ0n) is 11.2. The maximum atomic E-state index is 4.75. The lowest BCUT2D eigenvalue weighted by Crippen LogP contribution is -2.14. The number of hydrogen-bond donors (Lipinski definition) is 1. The van der Waals surface area contributed by atoms with E-state index < -0.39 is 0 Å². The van der Waals surface area contributed by atoms with E-state index in [0.29, 0.717) is 0 Å². The maximum absolute atomic E-state index is 4.75. The lowest BCUT2D eigenvalue weighted by atomic mass is 10.2. The van der Waals surface area contributed by atoms with Crippen molar-refractivity contribution in [3.63, 3.8) is 0 Å². The van der Waals surface area contributed by atoms with Gasteiger partial charge in [-0.05, 0) is 25.6 Å². The van der Waals surface area contributed by atoms with Crippen molar-refractivity contribution in [1.29, 1.82) is 0 Å². The number of rotatable bonds is 9. The van der Waals surface area contributed by atoms with Gasteiger partial charge in [-0.15, -0.1) is 11.3 Å². The number of thiazole rings is 1. The second kappa shape index (κ2) is 8.95. The van der Waals surface area contributed by atoms with Crippen LogP contribution in [0.4, 0.5) is 0 Å². The molecule has 0 saturated carbocycles. The van der Waals surface area contributed by atoms with Gasteiger partial charge in [0.15, 0.2) is 0 Å². The Morgan fingerprint density at radius 2 is 2.12 bits per heavy atom. The summed E-state index contributed by atoms with van der Waals surface area (Å²) in [6, 6.07) is 0. The third-order valence-electron chi connectivity index (χ3n) is 2.57. The molecule has 4 heteroatoms. The van der Waals surface area contributed by atoms with E-state index in [1.807, 2.05) is 23.1 Å². The molecule has 0 saturated heterocycles. The number of unbranched alkanes of at least 4 members (excludes halogenated alkanes) is 1. The summed E-state index contributed by atoms with van der Waals surface area (Å²) in [5.74, 6) is 1.05. The predicted molar refractivity (Wildman–Crippen MR) is 79.9 cm³/mol. The first-order valence-electron chi connectivity index (χ1n) is 6.48. The molecule has 17 heavy (non-hydrogen) atoms. The fraction of sp³-hybridized carbons (Fsp3) is 0.769. The van der Waals surface area contributed by atoms with Crippen LogP contribution in [0.3, 0.4) is 0 Å². The van der Waals surface area contributed by atoms with Gasteiger partial charge >= 0.3 is 0 Å². The summed E-state index contributed by atoms with van der Waals surface area (Å²) in [5.41, 5.74) is 1.32. The Morgan fingerprint density at radius 1 is 1.29 bits per heavy atom. The summed E-state index contributed by atoms with van der Waals surface area (Å²) < 4.78 is 0. The molecule has 1 aromatic rings. The van der Waals surface area contributed by atoms with Crippen LogP contribution in [0.2, 0.25) is 0 Å². The summed E-state index contributed by atoms with van der Waals surface area (Å²) in [4.78, 5) is 6.20. The maximum Gasteiger partial charge on any atom is 0.103 e. The second-order valence-electron chi connectivity index (χ2n) is 4.19. The van der Waals surface area contributed by atoms with Crippen molar-refractivity contribution in [3.8, 4) is 0 Å². The number of aryl methyl sites for hydroxylation is 1. The number of hydrogen-bond acceptors (Lipinski definition) is 4. The van der Waals surface area contributed by atoms with E-state index in [-0.39, 0.29) is 0 Å². The van der Waals surface area contributed by atoms with Gasteiger partial charge < -0.3 is 5.32 Å². The fourth-order valence-electron chi connectivity index (χ4n) is 1.70. The molecule has 1 heterocycles. The van der Waals surface area contributed by atoms with Crippen molar-refractivity contribution in [2.24, 2.45) is 0 Å². The molecule has 0 fully saturated rings. The third kappa shape index (κ3) is 5.40. The normalized spacial score (nSPS) is 11.0. The molecule has 0 bridgehead atoms. The lowest BCUT2D eigenvalue weighted by molar-refractivity contribution is 0.641. The smallest absolute Gasteiger partial charge is 0.103 e. The number of aromatic nitrogens is 1. The molecule has 98 valence electrons. The van der Waals surface area contributed by atoms with Gasteiger partial charge in [0.2, 0.25) is 0 Å². The van der Waals surface area contributed by atoms with E-state index in [9.17, 15) is 0 Å². The van der Waals surface area contributed by atoms with Gasteiger partial charge in [0.1, 0.15) is 5.01 Å². The number of nitrogens with zero attached hydrogens (tertiary/aromatic N) is 1. The number of thioether (sulfide) groups is 1. The quantitative estimate of drug-likeness (QED) is 0.691. The third-order valence-corrected chi connectivity index (χ3v) is 4.41. The average molecular weight is 272 g/mol. The van der Waals surface area contributed by atoms with Crippen LogP contribution in [0, 0.1) is 0 Å². The molecule has 1 rings (SSSR count). The monoisotopic (exact) mass is 272 g/mol. The van der Waals surface area contributed by atoms with Crippen LogP contribution in [0.1, 0.15) is 48.7 Å². The summed E-state index contributed by atoms with van der Waals surface area (Å²) >= 11 is 3.74. The Morgan fingerprint density at radius 3 is 2.76 bits per heavy atom. The Bertz CT molecular complexity index is 310. The Balaban J connectivity index is 2.54. The molecule has 0 atom stereocenters. The van der Waals surface area contributed by atoms with E-state index in [0.717, 1.165) is 25.3 Å². The van der Waals surface area contributed by atoms with Crippen LogP contribution in [-0.2, 0) is 18.7 Å². The first-order valence-corrected chi connectivity index (χ1v) is 8.69. The second-order valence-corrected chi connectivity index (χ2v) is 6.23. The largest absolute Gasteiger partial charge is 0.312 e. The van der Waals surface area contributed by atoms with Gasteiger partial charge in [-0.3, -0.25) is 0 Å². The zero-order chi connectivity index (χ0) is 12.5. The Kier molecular flexibility index (Phi) is 7.90. The van der Waals surface area contributed by atoms with Crippen molar-refractivity contribution in [2.45, 2.75) is 51.8 Å². The van der Waals surface area contributed by atoms with Gasteiger partial charge in [0.05, 0.1) is 5.69 Å². The van der Waals surface area contributed by atoms with Gasteiger partial charge in [-0.2, -0.15) is 11.8 Å². The van der Waals surface area contributed by atoms with E-state index in [1.165, 1.54) is 34.8 Å². The standard InChI is InChI=1S/C13H24N2S2/c1-4-6-8-14-9-12-11(7-5-2)15-13(17-12)10-16-3/h14H,4-10H2,1-3H3. The number of nitrogens with one attached hydrogen (secondary N) is 1. The molecule has 0 spiro atoms. The topological polar surface area (TPSA) is 24.9 Å². The molecule has 0 aromatic carbocycles. The van der Waals surface area contributed by atoms with E-state index in [4.69, 9.17) is 4.98 Å². The summed E-state index contributed by atoms with van der Waals surface area (Å²) in [6.45, 7) is 6.58. The summed E-state index contributed by atoms with van der Waals surface area (Å²) in [6.07, 6.45) is 6.97. The zero-order valence-corrected chi connectivity index (χ0v) is 12.8.